The first-order valence-electron chi connectivity index (χ1n) is 10.2. The smallest absolute Gasteiger partial charge is 0.161 e. The molecule has 2 heterocycles. The normalized spacial score (nSPS) is 15.1. The van der Waals surface area contributed by atoms with Crippen LogP contribution in [0.2, 0.25) is 0 Å². The molecule has 3 aromatic rings. The van der Waals surface area contributed by atoms with Crippen LogP contribution < -0.4 is 9.47 Å². The van der Waals surface area contributed by atoms with E-state index in [9.17, 15) is 0 Å². The van der Waals surface area contributed by atoms with Crippen LogP contribution in [0.5, 0.6) is 11.5 Å². The predicted octanol–water partition coefficient (Wildman–Crippen LogP) is 4.13. The number of hydrogen-bond donors (Lipinski definition) is 0. The van der Waals surface area contributed by atoms with Gasteiger partial charge in [0.1, 0.15) is 5.82 Å². The molecular formula is C23H29N3O2. The van der Waals surface area contributed by atoms with Gasteiger partial charge >= 0.3 is 0 Å². The van der Waals surface area contributed by atoms with E-state index in [-0.39, 0.29) is 0 Å². The summed E-state index contributed by atoms with van der Waals surface area (Å²) in [4.78, 5) is 7.52. The Labute approximate surface area is 166 Å². The quantitative estimate of drug-likeness (QED) is 0.619. The standard InChI is InChI=1S/C23H29N3O2/c1-27-21-11-10-18(16-22(21)28-2)17-23-24-19-8-4-5-9-20(19)26(23)15-14-25-12-6-3-7-13-25/h4-5,8-11,16H,3,6-7,12-15,17H2,1-2H3. The lowest BCUT2D eigenvalue weighted by Crippen LogP contribution is -2.32. The monoisotopic (exact) mass is 379 g/mol. The van der Waals surface area contributed by atoms with Crippen LogP contribution in [0.1, 0.15) is 30.7 Å². The van der Waals surface area contributed by atoms with Gasteiger partial charge in [0.05, 0.1) is 25.3 Å². The van der Waals surface area contributed by atoms with Crippen molar-refractivity contribution in [2.24, 2.45) is 0 Å². The molecule has 5 heteroatoms. The van der Waals surface area contributed by atoms with E-state index in [1.165, 1.54) is 43.4 Å². The van der Waals surface area contributed by atoms with Crippen molar-refractivity contribution in [1.29, 1.82) is 0 Å². The van der Waals surface area contributed by atoms with E-state index in [4.69, 9.17) is 14.5 Å². The summed E-state index contributed by atoms with van der Waals surface area (Å²) in [7, 11) is 3.34. The molecule has 0 N–H and O–H groups in total. The molecule has 1 aliphatic rings. The van der Waals surface area contributed by atoms with Crippen LogP contribution >= 0.6 is 0 Å². The van der Waals surface area contributed by atoms with Gasteiger partial charge in [-0.05, 0) is 55.8 Å². The third-order valence-corrected chi connectivity index (χ3v) is 5.63. The number of para-hydroxylation sites is 2. The van der Waals surface area contributed by atoms with Crippen molar-refractivity contribution < 1.29 is 9.47 Å². The SMILES string of the molecule is COc1ccc(Cc2nc3ccccc3n2CCN2CCCCC2)cc1OC. The fourth-order valence-corrected chi connectivity index (χ4v) is 4.11. The molecule has 4 rings (SSSR count). The lowest BCUT2D eigenvalue weighted by molar-refractivity contribution is 0.221. The first kappa shape index (κ1) is 18.8. The lowest BCUT2D eigenvalue weighted by Gasteiger charge is -2.26. The summed E-state index contributed by atoms with van der Waals surface area (Å²) in [5.74, 6) is 2.62. The summed E-state index contributed by atoms with van der Waals surface area (Å²) in [5, 5.41) is 0. The molecule has 28 heavy (non-hydrogen) atoms. The maximum atomic E-state index is 5.47. The highest BCUT2D eigenvalue weighted by Gasteiger charge is 2.15. The Balaban J connectivity index is 1.60. The molecule has 148 valence electrons. The molecule has 0 amide bonds. The van der Waals surface area contributed by atoms with Crippen LogP contribution in [0.15, 0.2) is 42.5 Å². The maximum absolute atomic E-state index is 5.47. The summed E-state index contributed by atoms with van der Waals surface area (Å²) in [6.45, 7) is 4.50. The summed E-state index contributed by atoms with van der Waals surface area (Å²) in [6, 6.07) is 14.5. The summed E-state index contributed by atoms with van der Waals surface area (Å²) >= 11 is 0. The fourth-order valence-electron chi connectivity index (χ4n) is 4.11. The number of methoxy groups -OCH3 is 2. The fraction of sp³-hybridized carbons (Fsp3) is 0.435. The highest BCUT2D eigenvalue weighted by molar-refractivity contribution is 5.76. The molecular weight excluding hydrogens is 350 g/mol. The van der Waals surface area contributed by atoms with Crippen molar-refractivity contribution in [3.63, 3.8) is 0 Å². The topological polar surface area (TPSA) is 39.5 Å². The minimum atomic E-state index is 0.754. The zero-order chi connectivity index (χ0) is 19.3. The van der Waals surface area contributed by atoms with Crippen LogP contribution in [0.3, 0.4) is 0 Å². The second-order valence-corrected chi connectivity index (χ2v) is 7.44. The van der Waals surface area contributed by atoms with Gasteiger partial charge in [-0.1, -0.05) is 24.6 Å². The molecule has 0 unspecified atom stereocenters. The second-order valence-electron chi connectivity index (χ2n) is 7.44. The molecule has 0 atom stereocenters. The number of imidazole rings is 1. The van der Waals surface area contributed by atoms with Gasteiger partial charge in [-0.3, -0.25) is 0 Å². The number of ether oxygens (including phenoxy) is 2. The van der Waals surface area contributed by atoms with Crippen molar-refractivity contribution in [2.45, 2.75) is 32.2 Å². The maximum Gasteiger partial charge on any atom is 0.161 e. The molecule has 0 spiro atoms. The van der Waals surface area contributed by atoms with E-state index in [2.05, 4.69) is 39.8 Å². The third-order valence-electron chi connectivity index (χ3n) is 5.63. The molecule has 2 aromatic carbocycles. The van der Waals surface area contributed by atoms with Crippen molar-refractivity contribution in [3.8, 4) is 11.5 Å². The average Bonchev–Trinajstić information content (AvgIpc) is 3.09. The summed E-state index contributed by atoms with van der Waals surface area (Å²) in [5.41, 5.74) is 3.46. The highest BCUT2D eigenvalue weighted by atomic mass is 16.5. The van der Waals surface area contributed by atoms with Crippen molar-refractivity contribution in [3.05, 3.63) is 53.9 Å². The number of piperidine rings is 1. The number of benzene rings is 2. The Morgan fingerprint density at radius 2 is 1.68 bits per heavy atom. The molecule has 1 saturated heterocycles. The Kier molecular flexibility index (Phi) is 5.81. The van der Waals surface area contributed by atoms with Crippen LogP contribution in [-0.4, -0.2) is 48.3 Å². The van der Waals surface area contributed by atoms with E-state index in [0.29, 0.717) is 0 Å². The Morgan fingerprint density at radius 1 is 0.893 bits per heavy atom. The molecule has 0 radical (unpaired) electrons. The Bertz CT molecular complexity index is 929. The van der Waals surface area contributed by atoms with Crippen molar-refractivity contribution >= 4 is 11.0 Å². The van der Waals surface area contributed by atoms with Crippen LogP contribution in [-0.2, 0) is 13.0 Å². The highest BCUT2D eigenvalue weighted by Crippen LogP contribution is 2.29. The minimum absolute atomic E-state index is 0.754. The van der Waals surface area contributed by atoms with Gasteiger partial charge in [0, 0.05) is 19.5 Å². The minimum Gasteiger partial charge on any atom is -0.493 e. The molecule has 0 aliphatic carbocycles. The van der Waals surface area contributed by atoms with Gasteiger partial charge in [0.2, 0.25) is 0 Å². The van der Waals surface area contributed by atoms with E-state index in [0.717, 1.165) is 42.4 Å². The van der Waals surface area contributed by atoms with Gasteiger partial charge in [-0.2, -0.15) is 0 Å². The number of rotatable bonds is 7. The number of hydrogen-bond acceptors (Lipinski definition) is 4. The average molecular weight is 380 g/mol. The van der Waals surface area contributed by atoms with Crippen LogP contribution in [0.25, 0.3) is 11.0 Å². The van der Waals surface area contributed by atoms with E-state index in [1.54, 1.807) is 14.2 Å². The van der Waals surface area contributed by atoms with Gasteiger partial charge in [0.15, 0.2) is 11.5 Å². The third kappa shape index (κ3) is 3.99. The van der Waals surface area contributed by atoms with E-state index < -0.39 is 0 Å². The molecule has 1 aromatic heterocycles. The Morgan fingerprint density at radius 3 is 2.46 bits per heavy atom. The molecule has 1 fully saturated rings. The van der Waals surface area contributed by atoms with Crippen molar-refractivity contribution in [1.82, 2.24) is 14.5 Å². The number of aromatic nitrogens is 2. The van der Waals surface area contributed by atoms with Crippen molar-refractivity contribution in [2.75, 3.05) is 33.9 Å². The zero-order valence-electron chi connectivity index (χ0n) is 16.9. The molecule has 5 nitrogen and oxygen atoms in total. The van der Waals surface area contributed by atoms with E-state index >= 15 is 0 Å². The number of fused-ring (bicyclic) bond motifs is 1. The Hall–Kier alpha value is -2.53. The van der Waals surface area contributed by atoms with Gasteiger partial charge < -0.3 is 18.9 Å². The molecule has 1 aliphatic heterocycles. The summed E-state index contributed by atoms with van der Waals surface area (Å²) in [6.07, 6.45) is 4.79. The number of nitrogens with zero attached hydrogens (tertiary/aromatic N) is 3. The summed E-state index contributed by atoms with van der Waals surface area (Å²) < 4.78 is 13.2. The first-order chi connectivity index (χ1) is 13.8. The van der Waals surface area contributed by atoms with Gasteiger partial charge in [-0.15, -0.1) is 0 Å². The number of likely N-dealkylation sites (tertiary alicyclic amines) is 1. The van der Waals surface area contributed by atoms with Gasteiger partial charge in [0.25, 0.3) is 0 Å². The zero-order valence-corrected chi connectivity index (χ0v) is 16.9. The van der Waals surface area contributed by atoms with E-state index in [1.807, 2.05) is 12.1 Å². The van der Waals surface area contributed by atoms with Crippen LogP contribution in [0, 0.1) is 0 Å². The first-order valence-corrected chi connectivity index (χ1v) is 10.2. The van der Waals surface area contributed by atoms with Gasteiger partial charge in [-0.25, -0.2) is 4.98 Å². The largest absolute Gasteiger partial charge is 0.493 e. The second kappa shape index (κ2) is 8.65. The predicted molar refractivity (Wildman–Crippen MR) is 112 cm³/mol. The molecule has 0 saturated carbocycles. The lowest BCUT2D eigenvalue weighted by atomic mass is 10.1. The van der Waals surface area contributed by atoms with Crippen LogP contribution in [0.4, 0.5) is 0 Å². The molecule has 0 bridgehead atoms.